The summed E-state index contributed by atoms with van der Waals surface area (Å²) in [7, 11) is 1.64. The minimum absolute atomic E-state index is 0.276. The van der Waals surface area contributed by atoms with E-state index in [1.807, 2.05) is 30.3 Å². The second-order valence-electron chi connectivity index (χ2n) is 5.82. The summed E-state index contributed by atoms with van der Waals surface area (Å²) in [4.78, 5) is 0. The number of ether oxygens (including phenoxy) is 2. The van der Waals surface area contributed by atoms with Crippen molar-refractivity contribution in [2.75, 3.05) is 7.11 Å². The first-order chi connectivity index (χ1) is 11.1. The van der Waals surface area contributed by atoms with Crippen molar-refractivity contribution < 1.29 is 14.6 Å². The Morgan fingerprint density at radius 2 is 1.87 bits per heavy atom. The highest BCUT2D eigenvalue weighted by atomic mass is 16.5. The first-order valence-corrected chi connectivity index (χ1v) is 7.68. The molecule has 0 saturated carbocycles. The average molecular weight is 311 g/mol. The monoisotopic (exact) mass is 311 g/mol. The number of hydrogen-bond acceptors (Lipinski definition) is 3. The summed E-state index contributed by atoms with van der Waals surface area (Å²) in [5.74, 6) is 1.82. The molecule has 0 aliphatic carbocycles. The maximum absolute atomic E-state index is 9.75. The van der Waals surface area contributed by atoms with Crippen LogP contribution in [0.3, 0.4) is 0 Å². The molecule has 0 saturated heterocycles. The van der Waals surface area contributed by atoms with Crippen molar-refractivity contribution in [3.05, 3.63) is 54.2 Å². The Balaban J connectivity index is 1.90. The minimum atomic E-state index is 0.276. The number of phenolic OH excluding ortho intramolecular Hbond substituents is 1. The summed E-state index contributed by atoms with van der Waals surface area (Å²) < 4.78 is 13.3. The van der Waals surface area contributed by atoms with E-state index >= 15 is 0 Å². The smallest absolute Gasteiger partial charge is 0.123 e. The van der Waals surface area contributed by atoms with Crippen LogP contribution >= 0.6 is 0 Å². The van der Waals surface area contributed by atoms with Crippen molar-refractivity contribution in [1.82, 2.24) is 4.57 Å². The number of aromatic hydroxyl groups is 1. The molecule has 3 rings (SSSR count). The van der Waals surface area contributed by atoms with E-state index in [2.05, 4.69) is 24.6 Å². The van der Waals surface area contributed by atoms with Gasteiger partial charge in [-0.25, -0.2) is 0 Å². The Hall–Kier alpha value is -2.62. The predicted octanol–water partition coefficient (Wildman–Crippen LogP) is 4.52. The number of methoxy groups -OCH3 is 1. The van der Waals surface area contributed by atoms with Crippen molar-refractivity contribution in [1.29, 1.82) is 0 Å². The summed E-state index contributed by atoms with van der Waals surface area (Å²) in [5.41, 5.74) is 2.11. The molecule has 0 fully saturated rings. The fourth-order valence-corrected chi connectivity index (χ4v) is 2.71. The van der Waals surface area contributed by atoms with E-state index in [4.69, 9.17) is 9.47 Å². The molecule has 0 radical (unpaired) electrons. The van der Waals surface area contributed by atoms with Crippen LogP contribution in [0.2, 0.25) is 0 Å². The van der Waals surface area contributed by atoms with Crippen LogP contribution < -0.4 is 9.47 Å². The molecular formula is C19H21NO3. The van der Waals surface area contributed by atoms with Gasteiger partial charge < -0.3 is 19.1 Å². The van der Waals surface area contributed by atoms with Gasteiger partial charge in [0.15, 0.2) is 0 Å². The topological polar surface area (TPSA) is 43.6 Å². The van der Waals surface area contributed by atoms with Crippen molar-refractivity contribution >= 4 is 10.9 Å². The van der Waals surface area contributed by atoms with Gasteiger partial charge in [0.2, 0.25) is 0 Å². The van der Waals surface area contributed by atoms with E-state index in [1.165, 1.54) is 0 Å². The highest BCUT2D eigenvalue weighted by molar-refractivity contribution is 5.85. The Bertz CT molecular complexity index is 821. The number of nitrogens with zero attached hydrogens (tertiary/aromatic N) is 1. The molecule has 4 nitrogen and oxygen atoms in total. The highest BCUT2D eigenvalue weighted by Gasteiger charge is 2.12. The molecule has 120 valence electrons. The highest BCUT2D eigenvalue weighted by Crippen LogP contribution is 2.29. The van der Waals surface area contributed by atoms with Gasteiger partial charge >= 0.3 is 0 Å². The lowest BCUT2D eigenvalue weighted by Crippen LogP contribution is -1.98. The average Bonchev–Trinajstić information content (AvgIpc) is 2.91. The Morgan fingerprint density at radius 3 is 2.61 bits per heavy atom. The fourth-order valence-electron chi connectivity index (χ4n) is 2.71. The van der Waals surface area contributed by atoms with Crippen molar-refractivity contribution in [3.63, 3.8) is 0 Å². The molecular weight excluding hydrogens is 290 g/mol. The molecule has 1 aromatic heterocycles. The third-order valence-electron chi connectivity index (χ3n) is 3.89. The molecule has 23 heavy (non-hydrogen) atoms. The Labute approximate surface area is 135 Å². The van der Waals surface area contributed by atoms with E-state index in [0.717, 1.165) is 28.0 Å². The molecule has 2 aromatic carbocycles. The number of hydrogen-bond donors (Lipinski definition) is 1. The molecule has 0 unspecified atom stereocenters. The molecule has 0 aliphatic heterocycles. The molecule has 0 spiro atoms. The van der Waals surface area contributed by atoms with E-state index in [1.54, 1.807) is 19.2 Å². The predicted molar refractivity (Wildman–Crippen MR) is 91.3 cm³/mol. The van der Waals surface area contributed by atoms with E-state index in [0.29, 0.717) is 12.6 Å². The van der Waals surface area contributed by atoms with Crippen molar-refractivity contribution in [2.24, 2.45) is 0 Å². The van der Waals surface area contributed by atoms with Crippen molar-refractivity contribution in [2.45, 2.75) is 26.5 Å². The Morgan fingerprint density at radius 1 is 1.09 bits per heavy atom. The van der Waals surface area contributed by atoms with Gasteiger partial charge in [-0.3, -0.25) is 0 Å². The van der Waals surface area contributed by atoms with E-state index < -0.39 is 0 Å². The van der Waals surface area contributed by atoms with Crippen LogP contribution in [-0.4, -0.2) is 16.8 Å². The maximum atomic E-state index is 9.75. The van der Waals surface area contributed by atoms with E-state index in [9.17, 15) is 5.11 Å². The zero-order valence-corrected chi connectivity index (χ0v) is 13.6. The third-order valence-corrected chi connectivity index (χ3v) is 3.89. The fraction of sp³-hybridized carbons (Fsp3) is 0.263. The van der Waals surface area contributed by atoms with Gasteiger partial charge in [-0.2, -0.15) is 0 Å². The van der Waals surface area contributed by atoms with Gasteiger partial charge in [0.25, 0.3) is 0 Å². The van der Waals surface area contributed by atoms with Gasteiger partial charge in [-0.05, 0) is 38.1 Å². The zero-order valence-electron chi connectivity index (χ0n) is 13.6. The first-order valence-electron chi connectivity index (χ1n) is 7.68. The molecule has 4 heteroatoms. The number of rotatable bonds is 5. The standard InChI is InChI=1S/C19H21NO3/c1-13(2)20-11-14(18-8-7-15(21)9-19(18)20)12-23-17-6-4-5-16(10-17)22-3/h4-11,13,21H,12H2,1-3H3. The lowest BCUT2D eigenvalue weighted by molar-refractivity contribution is 0.304. The van der Waals surface area contributed by atoms with Crippen LogP contribution in [0.4, 0.5) is 0 Å². The summed E-state index contributed by atoms with van der Waals surface area (Å²) >= 11 is 0. The second-order valence-corrected chi connectivity index (χ2v) is 5.82. The molecule has 0 bridgehead atoms. The molecule has 0 aliphatic rings. The molecule has 1 N–H and O–H groups in total. The summed E-state index contributed by atoms with van der Waals surface area (Å²) in [6.07, 6.45) is 2.09. The molecule has 1 heterocycles. The number of benzene rings is 2. The number of fused-ring (bicyclic) bond motifs is 1. The van der Waals surface area contributed by atoms with Gasteiger partial charge in [0, 0.05) is 35.3 Å². The SMILES string of the molecule is COc1cccc(OCc2cn(C(C)C)c3cc(O)ccc23)c1. The van der Waals surface area contributed by atoms with Gasteiger partial charge in [-0.1, -0.05) is 6.07 Å². The minimum Gasteiger partial charge on any atom is -0.508 e. The van der Waals surface area contributed by atoms with Crippen LogP contribution in [-0.2, 0) is 6.61 Å². The Kier molecular flexibility index (Phi) is 4.15. The largest absolute Gasteiger partial charge is 0.508 e. The third kappa shape index (κ3) is 3.11. The van der Waals surface area contributed by atoms with Crippen LogP contribution in [0.1, 0.15) is 25.5 Å². The van der Waals surface area contributed by atoms with Gasteiger partial charge in [0.1, 0.15) is 23.9 Å². The first kappa shape index (κ1) is 15.3. The quantitative estimate of drug-likeness (QED) is 0.753. The molecule has 0 amide bonds. The summed E-state index contributed by atoms with van der Waals surface area (Å²) in [6, 6.07) is 13.3. The maximum Gasteiger partial charge on any atom is 0.123 e. The van der Waals surface area contributed by atoms with Crippen LogP contribution in [0.25, 0.3) is 10.9 Å². The number of phenols is 1. The summed E-state index contributed by atoms with van der Waals surface area (Å²) in [6.45, 7) is 4.71. The van der Waals surface area contributed by atoms with Gasteiger partial charge in [0.05, 0.1) is 12.6 Å². The van der Waals surface area contributed by atoms with Gasteiger partial charge in [-0.15, -0.1) is 0 Å². The summed E-state index contributed by atoms with van der Waals surface area (Å²) in [5, 5.41) is 10.8. The number of aromatic nitrogens is 1. The van der Waals surface area contributed by atoms with Crippen LogP contribution in [0, 0.1) is 0 Å². The van der Waals surface area contributed by atoms with E-state index in [-0.39, 0.29) is 5.75 Å². The molecule has 3 aromatic rings. The lowest BCUT2D eigenvalue weighted by atomic mass is 10.2. The molecule has 0 atom stereocenters. The zero-order chi connectivity index (χ0) is 16.4. The normalized spacial score (nSPS) is 11.1. The van der Waals surface area contributed by atoms with Crippen LogP contribution in [0.15, 0.2) is 48.7 Å². The lowest BCUT2D eigenvalue weighted by Gasteiger charge is -2.09. The van der Waals surface area contributed by atoms with Crippen molar-refractivity contribution in [3.8, 4) is 17.2 Å². The van der Waals surface area contributed by atoms with Crippen LogP contribution in [0.5, 0.6) is 17.2 Å². The second kappa shape index (κ2) is 6.24.